The van der Waals surface area contributed by atoms with Gasteiger partial charge in [0.05, 0.1) is 23.7 Å². The van der Waals surface area contributed by atoms with Gasteiger partial charge in [-0.05, 0) is 12.1 Å². The quantitative estimate of drug-likeness (QED) is 0.271. The minimum atomic E-state index is -0.829. The number of imide groups is 1. The molecule has 2 heterocycles. The van der Waals surface area contributed by atoms with Gasteiger partial charge in [-0.3, -0.25) is 19.7 Å². The Morgan fingerprint density at radius 1 is 1.40 bits per heavy atom. The van der Waals surface area contributed by atoms with E-state index < -0.39 is 29.4 Å². The number of ether oxygens (including phenoxy) is 3. The van der Waals surface area contributed by atoms with Crippen LogP contribution in [0.2, 0.25) is 0 Å². The molecule has 1 fully saturated rings. The van der Waals surface area contributed by atoms with Gasteiger partial charge in [-0.2, -0.15) is 0 Å². The molecule has 2 aliphatic rings. The van der Waals surface area contributed by atoms with Gasteiger partial charge in [0.1, 0.15) is 12.2 Å². The van der Waals surface area contributed by atoms with Crippen molar-refractivity contribution in [3.8, 4) is 11.5 Å². The maximum Gasteiger partial charge on any atom is 0.329 e. The van der Waals surface area contributed by atoms with E-state index in [2.05, 4.69) is 10.1 Å². The number of esters is 1. The fourth-order valence-electron chi connectivity index (χ4n) is 2.29. The van der Waals surface area contributed by atoms with Crippen molar-refractivity contribution in [1.29, 1.82) is 0 Å². The molecule has 3 amide bonds. The number of carbonyl (C=O) groups is 3. The predicted molar refractivity (Wildman–Crippen MR) is 79.5 cm³/mol. The lowest BCUT2D eigenvalue weighted by atomic mass is 10.1. The molecule has 0 aliphatic carbocycles. The van der Waals surface area contributed by atoms with Crippen molar-refractivity contribution in [3.63, 3.8) is 0 Å². The van der Waals surface area contributed by atoms with E-state index in [9.17, 15) is 24.5 Å². The standard InChI is InChI=1S/C14H11N3O8/c1-23-12(18)5-16-13(19)8(15-14(16)20)2-7-3-10-11(25-6-24-10)4-9(7)17(21)22/h2-4H,5-6H2,1H3,(H,15,20). The highest BCUT2D eigenvalue weighted by atomic mass is 16.7. The van der Waals surface area contributed by atoms with Gasteiger partial charge in [-0.15, -0.1) is 0 Å². The number of methoxy groups -OCH3 is 1. The number of amides is 3. The second kappa shape index (κ2) is 6.11. The molecule has 0 atom stereocenters. The first kappa shape index (κ1) is 16.2. The zero-order chi connectivity index (χ0) is 18.1. The number of nitro benzene ring substituents is 1. The molecule has 1 aromatic rings. The number of hydrogen-bond donors (Lipinski definition) is 1. The molecule has 0 bridgehead atoms. The van der Waals surface area contributed by atoms with Gasteiger partial charge in [0.15, 0.2) is 11.5 Å². The molecule has 11 nitrogen and oxygen atoms in total. The first-order valence-electron chi connectivity index (χ1n) is 6.90. The summed E-state index contributed by atoms with van der Waals surface area (Å²) in [6.07, 6.45) is 1.14. The molecule has 25 heavy (non-hydrogen) atoms. The molecule has 130 valence electrons. The van der Waals surface area contributed by atoms with Crippen LogP contribution in [0.4, 0.5) is 10.5 Å². The van der Waals surface area contributed by atoms with Gasteiger partial charge in [-0.1, -0.05) is 0 Å². The van der Waals surface area contributed by atoms with E-state index in [1.54, 1.807) is 0 Å². The van der Waals surface area contributed by atoms with E-state index in [1.807, 2.05) is 0 Å². The number of carbonyl (C=O) groups excluding carboxylic acids is 3. The van der Waals surface area contributed by atoms with Crippen molar-refractivity contribution >= 4 is 29.7 Å². The Hall–Kier alpha value is -3.63. The topological polar surface area (TPSA) is 137 Å². The SMILES string of the molecule is COC(=O)CN1C(=O)NC(=Cc2cc3c(cc2[N+](=O)[O-])OCO3)C1=O. The molecular formula is C14H11N3O8. The second-order valence-corrected chi connectivity index (χ2v) is 4.98. The summed E-state index contributed by atoms with van der Waals surface area (Å²) in [6, 6.07) is 1.67. The Bertz CT molecular complexity index is 832. The minimum Gasteiger partial charge on any atom is -0.468 e. The van der Waals surface area contributed by atoms with Gasteiger partial charge in [0, 0.05) is 0 Å². The van der Waals surface area contributed by atoms with Crippen molar-refractivity contribution in [2.75, 3.05) is 20.4 Å². The molecule has 0 unspecified atom stereocenters. The monoisotopic (exact) mass is 349 g/mol. The molecule has 0 aromatic heterocycles. The second-order valence-electron chi connectivity index (χ2n) is 4.98. The van der Waals surface area contributed by atoms with E-state index in [0.717, 1.165) is 13.2 Å². The van der Waals surface area contributed by atoms with Crippen LogP contribution in [0, 0.1) is 10.1 Å². The lowest BCUT2D eigenvalue weighted by Gasteiger charge is -2.09. The van der Waals surface area contributed by atoms with Crippen LogP contribution in [-0.2, 0) is 14.3 Å². The van der Waals surface area contributed by atoms with Crippen molar-refractivity contribution in [1.82, 2.24) is 10.2 Å². The molecule has 1 aromatic carbocycles. The first-order valence-corrected chi connectivity index (χ1v) is 6.90. The van der Waals surface area contributed by atoms with E-state index in [4.69, 9.17) is 9.47 Å². The zero-order valence-corrected chi connectivity index (χ0v) is 12.8. The van der Waals surface area contributed by atoms with Crippen LogP contribution in [-0.4, -0.2) is 48.2 Å². The number of urea groups is 1. The number of nitro groups is 1. The van der Waals surface area contributed by atoms with Crippen LogP contribution < -0.4 is 14.8 Å². The first-order chi connectivity index (χ1) is 11.9. The Morgan fingerprint density at radius 3 is 2.72 bits per heavy atom. The smallest absolute Gasteiger partial charge is 0.329 e. The maximum absolute atomic E-state index is 12.2. The van der Waals surface area contributed by atoms with Crippen LogP contribution in [0.3, 0.4) is 0 Å². The Labute approximate surface area is 139 Å². The third-order valence-corrected chi connectivity index (χ3v) is 3.50. The number of hydrogen-bond acceptors (Lipinski definition) is 8. The lowest BCUT2D eigenvalue weighted by Crippen LogP contribution is -2.36. The molecule has 3 rings (SSSR count). The molecule has 0 radical (unpaired) electrons. The highest BCUT2D eigenvalue weighted by Crippen LogP contribution is 2.38. The highest BCUT2D eigenvalue weighted by molar-refractivity contribution is 6.15. The zero-order valence-electron chi connectivity index (χ0n) is 12.8. The fourth-order valence-corrected chi connectivity index (χ4v) is 2.29. The van der Waals surface area contributed by atoms with Crippen molar-refractivity contribution in [2.24, 2.45) is 0 Å². The predicted octanol–water partition coefficient (Wildman–Crippen LogP) is 0.389. The number of fused-ring (bicyclic) bond motifs is 1. The molecular weight excluding hydrogens is 338 g/mol. The third-order valence-electron chi connectivity index (χ3n) is 3.50. The van der Waals surface area contributed by atoms with Crippen LogP contribution in [0.15, 0.2) is 17.8 Å². The average molecular weight is 349 g/mol. The van der Waals surface area contributed by atoms with E-state index in [1.165, 1.54) is 12.1 Å². The molecule has 1 N–H and O–H groups in total. The molecule has 2 aliphatic heterocycles. The third kappa shape index (κ3) is 2.94. The fraction of sp³-hybridized carbons (Fsp3) is 0.214. The van der Waals surface area contributed by atoms with Gasteiger partial charge in [0.2, 0.25) is 6.79 Å². The van der Waals surface area contributed by atoms with Gasteiger partial charge < -0.3 is 19.5 Å². The van der Waals surface area contributed by atoms with E-state index >= 15 is 0 Å². The summed E-state index contributed by atoms with van der Waals surface area (Å²) < 4.78 is 14.6. The van der Waals surface area contributed by atoms with Gasteiger partial charge in [0.25, 0.3) is 11.6 Å². The number of rotatable bonds is 4. The highest BCUT2D eigenvalue weighted by Gasteiger charge is 2.36. The van der Waals surface area contributed by atoms with Crippen LogP contribution in [0.25, 0.3) is 6.08 Å². The largest absolute Gasteiger partial charge is 0.468 e. The summed E-state index contributed by atoms with van der Waals surface area (Å²) in [7, 11) is 1.12. The number of nitrogens with zero attached hydrogens (tertiary/aromatic N) is 2. The Kier molecular flexibility index (Phi) is 3.97. The van der Waals surface area contributed by atoms with Crippen LogP contribution in [0.5, 0.6) is 11.5 Å². The number of nitrogens with one attached hydrogen (secondary N) is 1. The maximum atomic E-state index is 12.2. The molecule has 0 spiro atoms. The normalized spacial score (nSPS) is 17.0. The van der Waals surface area contributed by atoms with Crippen molar-refractivity contribution < 1.29 is 33.5 Å². The molecule has 1 saturated heterocycles. The summed E-state index contributed by atoms with van der Waals surface area (Å²) in [4.78, 5) is 46.5. The minimum absolute atomic E-state index is 0.0396. The summed E-state index contributed by atoms with van der Waals surface area (Å²) >= 11 is 0. The van der Waals surface area contributed by atoms with Crippen molar-refractivity contribution in [2.45, 2.75) is 0 Å². The van der Waals surface area contributed by atoms with E-state index in [-0.39, 0.29) is 35.2 Å². The molecule has 0 saturated carbocycles. The Morgan fingerprint density at radius 2 is 2.08 bits per heavy atom. The lowest BCUT2D eigenvalue weighted by molar-refractivity contribution is -0.385. The van der Waals surface area contributed by atoms with Crippen molar-refractivity contribution in [3.05, 3.63) is 33.5 Å². The van der Waals surface area contributed by atoms with Crippen LogP contribution >= 0.6 is 0 Å². The number of benzene rings is 1. The average Bonchev–Trinajstić information content (AvgIpc) is 3.13. The molecule has 11 heteroatoms. The van der Waals surface area contributed by atoms with Crippen LogP contribution in [0.1, 0.15) is 5.56 Å². The summed E-state index contributed by atoms with van der Waals surface area (Å²) in [5.41, 5.74) is -0.501. The summed E-state index contributed by atoms with van der Waals surface area (Å²) in [5, 5.41) is 13.5. The summed E-state index contributed by atoms with van der Waals surface area (Å²) in [6.45, 7) is -0.642. The Balaban J connectivity index is 1.96. The summed E-state index contributed by atoms with van der Waals surface area (Å²) in [5.74, 6) is -1.09. The van der Waals surface area contributed by atoms with Gasteiger partial charge >= 0.3 is 12.0 Å². The van der Waals surface area contributed by atoms with E-state index in [0.29, 0.717) is 4.90 Å². The van der Waals surface area contributed by atoms with Gasteiger partial charge in [-0.25, -0.2) is 9.69 Å².